The Kier molecular flexibility index (Phi) is 3.78. The Morgan fingerprint density at radius 2 is 2.35 bits per heavy atom. The molecule has 2 aromatic heterocycles. The van der Waals surface area contributed by atoms with Crippen LogP contribution < -0.4 is 0 Å². The number of aromatic amines is 1. The van der Waals surface area contributed by atoms with E-state index in [2.05, 4.69) is 45.1 Å². The van der Waals surface area contributed by atoms with Crippen LogP contribution in [0, 0.1) is 4.77 Å². The van der Waals surface area contributed by atoms with Gasteiger partial charge in [0.25, 0.3) is 0 Å². The smallest absolute Gasteiger partial charge is 0.195 e. The second-order valence-corrected chi connectivity index (χ2v) is 5.22. The lowest BCUT2D eigenvalue weighted by Crippen LogP contribution is -2.12. The average molecular weight is 316 g/mol. The summed E-state index contributed by atoms with van der Waals surface area (Å²) in [6, 6.07) is 0. The summed E-state index contributed by atoms with van der Waals surface area (Å²) in [5.41, 5.74) is 0. The summed E-state index contributed by atoms with van der Waals surface area (Å²) in [7, 11) is 0. The van der Waals surface area contributed by atoms with Crippen LogP contribution in [0.15, 0.2) is 16.9 Å². The Labute approximate surface area is 113 Å². The van der Waals surface area contributed by atoms with Crippen LogP contribution in [0.5, 0.6) is 0 Å². The van der Waals surface area contributed by atoms with Crippen molar-refractivity contribution in [3.05, 3.63) is 27.5 Å². The predicted molar refractivity (Wildman–Crippen MR) is 71.4 cm³/mol. The molecule has 2 aromatic rings. The van der Waals surface area contributed by atoms with Crippen molar-refractivity contribution in [2.24, 2.45) is 0 Å². The van der Waals surface area contributed by atoms with Crippen molar-refractivity contribution in [1.29, 1.82) is 0 Å². The van der Waals surface area contributed by atoms with E-state index in [0.717, 1.165) is 23.4 Å². The van der Waals surface area contributed by atoms with Gasteiger partial charge in [0.05, 0.1) is 17.2 Å². The highest BCUT2D eigenvalue weighted by Crippen LogP contribution is 2.16. The molecule has 2 heterocycles. The number of aromatic nitrogens is 5. The SMILES string of the molecule is CCn1c(C(C)Cn2cc(Br)cn2)n[nH]c1=S. The Bertz CT molecular complexity index is 555. The number of rotatable bonds is 4. The third-order valence-electron chi connectivity index (χ3n) is 2.61. The van der Waals surface area contributed by atoms with Gasteiger partial charge in [0.2, 0.25) is 0 Å². The maximum absolute atomic E-state index is 5.17. The second-order valence-electron chi connectivity index (χ2n) is 3.91. The molecule has 0 saturated heterocycles. The molecule has 0 spiro atoms. The van der Waals surface area contributed by atoms with Gasteiger partial charge in [-0.1, -0.05) is 6.92 Å². The number of hydrogen-bond donors (Lipinski definition) is 1. The van der Waals surface area contributed by atoms with E-state index < -0.39 is 0 Å². The number of H-pyrrole nitrogens is 1. The lowest BCUT2D eigenvalue weighted by Gasteiger charge is -2.11. The zero-order valence-corrected chi connectivity index (χ0v) is 12.1. The van der Waals surface area contributed by atoms with E-state index in [1.165, 1.54) is 0 Å². The van der Waals surface area contributed by atoms with Gasteiger partial charge in [0, 0.05) is 18.7 Å². The monoisotopic (exact) mass is 315 g/mol. The lowest BCUT2D eigenvalue weighted by atomic mass is 10.1. The lowest BCUT2D eigenvalue weighted by molar-refractivity contribution is 0.503. The normalized spacial score (nSPS) is 12.9. The van der Waals surface area contributed by atoms with E-state index in [-0.39, 0.29) is 5.92 Å². The predicted octanol–water partition coefficient (Wildman–Crippen LogP) is 2.72. The summed E-state index contributed by atoms with van der Waals surface area (Å²) < 4.78 is 5.57. The molecule has 92 valence electrons. The molecule has 0 amide bonds. The summed E-state index contributed by atoms with van der Waals surface area (Å²) in [6.45, 7) is 5.79. The van der Waals surface area contributed by atoms with Crippen LogP contribution >= 0.6 is 28.1 Å². The van der Waals surface area contributed by atoms with Gasteiger partial charge in [-0.2, -0.15) is 10.2 Å². The molecular formula is C10H14BrN5S. The number of hydrogen-bond acceptors (Lipinski definition) is 3. The summed E-state index contributed by atoms with van der Waals surface area (Å²) in [6.07, 6.45) is 3.73. The van der Waals surface area contributed by atoms with Crippen LogP contribution in [-0.4, -0.2) is 24.5 Å². The van der Waals surface area contributed by atoms with Crippen LogP contribution in [0.1, 0.15) is 25.6 Å². The van der Waals surface area contributed by atoms with Gasteiger partial charge in [-0.25, -0.2) is 0 Å². The van der Waals surface area contributed by atoms with Crippen molar-refractivity contribution < 1.29 is 0 Å². The topological polar surface area (TPSA) is 51.4 Å². The van der Waals surface area contributed by atoms with E-state index >= 15 is 0 Å². The molecule has 0 aliphatic carbocycles. The van der Waals surface area contributed by atoms with Gasteiger partial charge < -0.3 is 4.57 Å². The molecule has 0 bridgehead atoms. The number of halogens is 1. The first kappa shape index (κ1) is 12.5. The van der Waals surface area contributed by atoms with E-state index in [4.69, 9.17) is 12.2 Å². The quantitative estimate of drug-likeness (QED) is 0.883. The largest absolute Gasteiger partial charge is 0.304 e. The first-order valence-electron chi connectivity index (χ1n) is 5.45. The van der Waals surface area contributed by atoms with Gasteiger partial charge in [0.15, 0.2) is 4.77 Å². The molecule has 0 aliphatic heterocycles. The zero-order chi connectivity index (χ0) is 12.4. The van der Waals surface area contributed by atoms with Crippen LogP contribution in [0.25, 0.3) is 0 Å². The summed E-state index contributed by atoms with van der Waals surface area (Å²) in [5, 5.41) is 11.4. The van der Waals surface area contributed by atoms with Gasteiger partial charge in [0.1, 0.15) is 5.82 Å². The van der Waals surface area contributed by atoms with Crippen LogP contribution in [0.4, 0.5) is 0 Å². The molecule has 0 fully saturated rings. The van der Waals surface area contributed by atoms with Gasteiger partial charge in [-0.15, -0.1) is 0 Å². The minimum absolute atomic E-state index is 0.259. The van der Waals surface area contributed by atoms with Crippen molar-refractivity contribution in [2.45, 2.75) is 32.9 Å². The fourth-order valence-electron chi connectivity index (χ4n) is 1.81. The fourth-order valence-corrected chi connectivity index (χ4v) is 2.41. The second kappa shape index (κ2) is 5.14. The van der Waals surface area contributed by atoms with Gasteiger partial charge in [-0.3, -0.25) is 9.78 Å². The van der Waals surface area contributed by atoms with Gasteiger partial charge >= 0.3 is 0 Å². The molecule has 17 heavy (non-hydrogen) atoms. The first-order valence-corrected chi connectivity index (χ1v) is 6.65. The highest BCUT2D eigenvalue weighted by atomic mass is 79.9. The van der Waals surface area contributed by atoms with Crippen molar-refractivity contribution in [2.75, 3.05) is 0 Å². The Balaban J connectivity index is 2.19. The highest BCUT2D eigenvalue weighted by Gasteiger charge is 2.14. The fraction of sp³-hybridized carbons (Fsp3) is 0.500. The third kappa shape index (κ3) is 2.66. The highest BCUT2D eigenvalue weighted by molar-refractivity contribution is 9.10. The van der Waals surface area contributed by atoms with Crippen LogP contribution in [0.3, 0.4) is 0 Å². The zero-order valence-electron chi connectivity index (χ0n) is 9.72. The Hall–Kier alpha value is -0.950. The number of nitrogens with one attached hydrogen (secondary N) is 1. The van der Waals surface area contributed by atoms with E-state index in [9.17, 15) is 0 Å². The van der Waals surface area contributed by atoms with Crippen LogP contribution in [-0.2, 0) is 13.1 Å². The van der Waals surface area contributed by atoms with Gasteiger partial charge in [-0.05, 0) is 35.1 Å². The minimum atomic E-state index is 0.259. The molecule has 0 aliphatic rings. The molecule has 0 aromatic carbocycles. The van der Waals surface area contributed by atoms with E-state index in [0.29, 0.717) is 4.77 Å². The molecule has 1 N–H and O–H groups in total. The van der Waals surface area contributed by atoms with Crippen molar-refractivity contribution in [3.8, 4) is 0 Å². The van der Waals surface area contributed by atoms with Crippen LogP contribution in [0.2, 0.25) is 0 Å². The average Bonchev–Trinajstić information content (AvgIpc) is 2.84. The molecule has 0 radical (unpaired) electrons. The molecular weight excluding hydrogens is 302 g/mol. The number of nitrogens with zero attached hydrogens (tertiary/aromatic N) is 4. The molecule has 7 heteroatoms. The van der Waals surface area contributed by atoms with E-state index in [1.54, 1.807) is 6.20 Å². The maximum atomic E-state index is 5.17. The molecule has 1 unspecified atom stereocenters. The Morgan fingerprint density at radius 1 is 1.59 bits per heavy atom. The summed E-state index contributed by atoms with van der Waals surface area (Å²) in [4.78, 5) is 0. The minimum Gasteiger partial charge on any atom is -0.304 e. The Morgan fingerprint density at radius 3 is 2.94 bits per heavy atom. The first-order chi connectivity index (χ1) is 8.11. The standard InChI is InChI=1S/C10H14BrN5S/c1-3-16-9(13-14-10(16)17)7(2)5-15-6-8(11)4-12-15/h4,6-7H,3,5H2,1-2H3,(H,14,17). The van der Waals surface area contributed by atoms with Crippen molar-refractivity contribution in [3.63, 3.8) is 0 Å². The molecule has 0 saturated carbocycles. The van der Waals surface area contributed by atoms with E-state index in [1.807, 2.05) is 15.4 Å². The molecule has 5 nitrogen and oxygen atoms in total. The maximum Gasteiger partial charge on any atom is 0.195 e. The third-order valence-corrected chi connectivity index (χ3v) is 3.33. The molecule has 2 rings (SSSR count). The molecule has 1 atom stereocenters. The van der Waals surface area contributed by atoms with Crippen molar-refractivity contribution in [1.82, 2.24) is 24.5 Å². The summed E-state index contributed by atoms with van der Waals surface area (Å²) in [5.74, 6) is 1.24. The van der Waals surface area contributed by atoms with Crippen molar-refractivity contribution >= 4 is 28.1 Å². The summed E-state index contributed by atoms with van der Waals surface area (Å²) >= 11 is 8.56.